The Hall–Kier alpha value is -1.10. The molecule has 0 aliphatic carbocycles. The van der Waals surface area contributed by atoms with Crippen LogP contribution in [0.3, 0.4) is 0 Å². The Bertz CT molecular complexity index is 397. The minimum atomic E-state index is -0.757. The first kappa shape index (κ1) is 27.9. The normalized spacial score (nSPS) is 13.1. The van der Waals surface area contributed by atoms with E-state index in [1.165, 1.54) is 44.9 Å². The van der Waals surface area contributed by atoms with Gasteiger partial charge in [0, 0.05) is 12.8 Å². The number of hydrogen-bond donors (Lipinski definition) is 1. The van der Waals surface area contributed by atoms with Crippen molar-refractivity contribution >= 4 is 11.9 Å². The van der Waals surface area contributed by atoms with Gasteiger partial charge in [0.2, 0.25) is 0 Å². The Balaban J connectivity index is 3.65. The summed E-state index contributed by atoms with van der Waals surface area (Å²) in [5.74, 6) is 0.221. The topological polar surface area (TPSA) is 72.8 Å². The Labute approximate surface area is 178 Å². The molecular formula is C24H46O5. The molecule has 0 bridgehead atoms. The molecule has 0 saturated carbocycles. The first-order chi connectivity index (χ1) is 14.0. The first-order valence-electron chi connectivity index (χ1n) is 12.0. The van der Waals surface area contributed by atoms with Crippen molar-refractivity contribution < 1.29 is 24.2 Å². The van der Waals surface area contributed by atoms with Crippen LogP contribution in [-0.2, 0) is 19.1 Å². The molecule has 0 aliphatic rings. The van der Waals surface area contributed by atoms with E-state index in [0.717, 1.165) is 44.4 Å². The second kappa shape index (κ2) is 20.2. The Morgan fingerprint density at radius 3 is 1.93 bits per heavy atom. The van der Waals surface area contributed by atoms with Gasteiger partial charge in [-0.05, 0) is 18.8 Å². The zero-order valence-corrected chi connectivity index (χ0v) is 19.3. The highest BCUT2D eigenvalue weighted by Crippen LogP contribution is 2.14. The second-order valence-corrected chi connectivity index (χ2v) is 8.32. The SMILES string of the molecule is CCCCCCCC(=O)O[C@@H](CO)COC(=O)CCCCCCCCC(C)CC. The molecule has 0 radical (unpaired) electrons. The summed E-state index contributed by atoms with van der Waals surface area (Å²) in [5.41, 5.74) is 0. The van der Waals surface area contributed by atoms with Gasteiger partial charge in [-0.25, -0.2) is 0 Å². The van der Waals surface area contributed by atoms with Crippen molar-refractivity contribution in [2.75, 3.05) is 13.2 Å². The number of aliphatic hydroxyl groups excluding tert-OH is 1. The maximum absolute atomic E-state index is 11.8. The van der Waals surface area contributed by atoms with Crippen molar-refractivity contribution in [3.8, 4) is 0 Å². The van der Waals surface area contributed by atoms with E-state index in [1.807, 2.05) is 0 Å². The lowest BCUT2D eigenvalue weighted by molar-refractivity contribution is -0.161. The molecule has 1 N–H and O–H groups in total. The maximum atomic E-state index is 11.8. The molecule has 0 aromatic carbocycles. The molecule has 0 aromatic heterocycles. The van der Waals surface area contributed by atoms with Crippen LogP contribution in [0.15, 0.2) is 0 Å². The van der Waals surface area contributed by atoms with Crippen molar-refractivity contribution in [1.82, 2.24) is 0 Å². The molecule has 0 aliphatic heterocycles. The smallest absolute Gasteiger partial charge is 0.306 e. The summed E-state index contributed by atoms with van der Waals surface area (Å²) in [6, 6.07) is 0. The highest BCUT2D eigenvalue weighted by Gasteiger charge is 2.16. The van der Waals surface area contributed by atoms with Gasteiger partial charge in [-0.15, -0.1) is 0 Å². The molecule has 0 spiro atoms. The molecule has 0 heterocycles. The van der Waals surface area contributed by atoms with Gasteiger partial charge >= 0.3 is 11.9 Å². The monoisotopic (exact) mass is 414 g/mol. The summed E-state index contributed by atoms with van der Waals surface area (Å²) in [7, 11) is 0. The van der Waals surface area contributed by atoms with Crippen molar-refractivity contribution in [2.24, 2.45) is 5.92 Å². The largest absolute Gasteiger partial charge is 0.462 e. The summed E-state index contributed by atoms with van der Waals surface area (Å²) in [4.78, 5) is 23.6. The van der Waals surface area contributed by atoms with E-state index in [4.69, 9.17) is 9.47 Å². The third-order valence-corrected chi connectivity index (χ3v) is 5.44. The third-order valence-electron chi connectivity index (χ3n) is 5.44. The third kappa shape index (κ3) is 18.7. The Kier molecular flexibility index (Phi) is 19.4. The van der Waals surface area contributed by atoms with Gasteiger partial charge in [0.25, 0.3) is 0 Å². The highest BCUT2D eigenvalue weighted by molar-refractivity contribution is 5.70. The zero-order valence-electron chi connectivity index (χ0n) is 19.3. The van der Waals surface area contributed by atoms with Gasteiger partial charge in [0.05, 0.1) is 6.61 Å². The maximum Gasteiger partial charge on any atom is 0.306 e. The molecular weight excluding hydrogens is 368 g/mol. The predicted octanol–water partition coefficient (Wildman–Crippen LogP) is 5.96. The lowest BCUT2D eigenvalue weighted by Crippen LogP contribution is -2.28. The number of rotatable bonds is 20. The molecule has 172 valence electrons. The molecule has 5 nitrogen and oxygen atoms in total. The van der Waals surface area contributed by atoms with Crippen LogP contribution in [0.4, 0.5) is 0 Å². The highest BCUT2D eigenvalue weighted by atomic mass is 16.6. The van der Waals surface area contributed by atoms with Crippen LogP contribution in [0.2, 0.25) is 0 Å². The van der Waals surface area contributed by atoms with Crippen LogP contribution in [-0.4, -0.2) is 36.4 Å². The summed E-state index contributed by atoms with van der Waals surface area (Å²) in [5, 5.41) is 9.33. The van der Waals surface area contributed by atoms with Crippen molar-refractivity contribution in [1.29, 1.82) is 0 Å². The van der Waals surface area contributed by atoms with E-state index in [9.17, 15) is 14.7 Å². The van der Waals surface area contributed by atoms with Gasteiger partial charge in [-0.2, -0.15) is 0 Å². The van der Waals surface area contributed by atoms with E-state index >= 15 is 0 Å². The number of esters is 2. The van der Waals surface area contributed by atoms with Gasteiger partial charge in [-0.3, -0.25) is 9.59 Å². The quantitative estimate of drug-likeness (QED) is 0.196. The van der Waals surface area contributed by atoms with Crippen molar-refractivity contribution in [3.05, 3.63) is 0 Å². The lowest BCUT2D eigenvalue weighted by atomic mass is 10.00. The summed E-state index contributed by atoms with van der Waals surface area (Å²) in [6.07, 6.45) is 14.7. The molecule has 5 heteroatoms. The molecule has 2 atom stereocenters. The molecule has 0 fully saturated rings. The molecule has 0 rings (SSSR count). The van der Waals surface area contributed by atoms with E-state index < -0.39 is 6.10 Å². The van der Waals surface area contributed by atoms with Crippen molar-refractivity contribution in [2.45, 2.75) is 123 Å². The average molecular weight is 415 g/mol. The zero-order chi connectivity index (χ0) is 21.7. The van der Waals surface area contributed by atoms with Gasteiger partial charge < -0.3 is 14.6 Å². The average Bonchev–Trinajstić information content (AvgIpc) is 2.72. The van der Waals surface area contributed by atoms with E-state index in [1.54, 1.807) is 0 Å². The number of aliphatic hydroxyl groups is 1. The summed E-state index contributed by atoms with van der Waals surface area (Å²) < 4.78 is 10.4. The van der Waals surface area contributed by atoms with E-state index in [2.05, 4.69) is 20.8 Å². The number of hydrogen-bond acceptors (Lipinski definition) is 5. The van der Waals surface area contributed by atoms with Crippen LogP contribution in [0.5, 0.6) is 0 Å². The van der Waals surface area contributed by atoms with Crippen LogP contribution in [0, 0.1) is 5.92 Å². The number of carbonyl (C=O) groups excluding carboxylic acids is 2. The first-order valence-corrected chi connectivity index (χ1v) is 12.0. The lowest BCUT2D eigenvalue weighted by Gasteiger charge is -2.15. The van der Waals surface area contributed by atoms with Crippen LogP contribution < -0.4 is 0 Å². The minimum Gasteiger partial charge on any atom is -0.462 e. The minimum absolute atomic E-state index is 0.0630. The van der Waals surface area contributed by atoms with E-state index in [-0.39, 0.29) is 25.2 Å². The summed E-state index contributed by atoms with van der Waals surface area (Å²) in [6.45, 7) is 6.31. The predicted molar refractivity (Wildman–Crippen MR) is 118 cm³/mol. The Morgan fingerprint density at radius 2 is 1.34 bits per heavy atom. The number of ether oxygens (including phenoxy) is 2. The molecule has 0 saturated heterocycles. The number of carbonyl (C=O) groups is 2. The van der Waals surface area contributed by atoms with Gasteiger partial charge in [0.1, 0.15) is 6.61 Å². The van der Waals surface area contributed by atoms with Gasteiger partial charge in [0.15, 0.2) is 6.10 Å². The van der Waals surface area contributed by atoms with Crippen LogP contribution in [0.25, 0.3) is 0 Å². The fourth-order valence-corrected chi connectivity index (χ4v) is 3.17. The van der Waals surface area contributed by atoms with Crippen LogP contribution >= 0.6 is 0 Å². The fourth-order valence-electron chi connectivity index (χ4n) is 3.17. The number of unbranched alkanes of at least 4 members (excludes halogenated alkanes) is 9. The Morgan fingerprint density at radius 1 is 0.793 bits per heavy atom. The van der Waals surface area contributed by atoms with Crippen molar-refractivity contribution in [3.63, 3.8) is 0 Å². The summed E-state index contributed by atoms with van der Waals surface area (Å²) >= 11 is 0. The van der Waals surface area contributed by atoms with E-state index in [0.29, 0.717) is 12.8 Å². The standard InChI is InChI=1S/C24H46O5/c1-4-6-7-10-15-18-24(27)29-22(19-25)20-28-23(26)17-14-12-9-8-11-13-16-21(3)5-2/h21-22,25H,4-20H2,1-3H3/t21?,22-/m0/s1. The molecule has 0 amide bonds. The van der Waals surface area contributed by atoms with Gasteiger partial charge in [-0.1, -0.05) is 91.4 Å². The molecule has 29 heavy (non-hydrogen) atoms. The van der Waals surface area contributed by atoms with Crippen LogP contribution in [0.1, 0.15) is 117 Å². The molecule has 1 unspecified atom stereocenters. The molecule has 0 aromatic rings. The second-order valence-electron chi connectivity index (χ2n) is 8.32. The fraction of sp³-hybridized carbons (Fsp3) is 0.917.